The van der Waals surface area contributed by atoms with E-state index in [-0.39, 0.29) is 23.5 Å². The van der Waals surface area contributed by atoms with Gasteiger partial charge in [0.25, 0.3) is 0 Å². The zero-order chi connectivity index (χ0) is 18.0. The van der Waals surface area contributed by atoms with Crippen molar-refractivity contribution in [2.24, 2.45) is 11.8 Å². The fourth-order valence-electron chi connectivity index (χ4n) is 3.16. The van der Waals surface area contributed by atoms with Gasteiger partial charge < -0.3 is 4.74 Å². The Morgan fingerprint density at radius 2 is 1.83 bits per heavy atom. The van der Waals surface area contributed by atoms with Gasteiger partial charge in [0, 0.05) is 12.0 Å². The van der Waals surface area contributed by atoms with Crippen molar-refractivity contribution in [2.45, 2.75) is 46.1 Å². The molecule has 0 aromatic heterocycles. The fourth-order valence-corrected chi connectivity index (χ4v) is 3.16. The van der Waals surface area contributed by atoms with Crippen molar-refractivity contribution >= 4 is 17.5 Å². The van der Waals surface area contributed by atoms with Crippen LogP contribution < -0.4 is 0 Å². The van der Waals surface area contributed by atoms with Crippen LogP contribution in [0, 0.1) is 11.8 Å². The molecule has 0 fully saturated rings. The van der Waals surface area contributed by atoms with Crippen molar-refractivity contribution in [1.29, 1.82) is 0 Å². The van der Waals surface area contributed by atoms with Gasteiger partial charge in [-0.05, 0) is 57.3 Å². The molecular weight excluding hydrogens is 304 g/mol. The van der Waals surface area contributed by atoms with Gasteiger partial charge in [0.15, 0.2) is 11.6 Å². The first-order valence-electron chi connectivity index (χ1n) is 8.18. The highest BCUT2D eigenvalue weighted by Gasteiger charge is 2.36. The van der Waals surface area contributed by atoms with E-state index in [4.69, 9.17) is 4.74 Å². The molecule has 24 heavy (non-hydrogen) atoms. The van der Waals surface area contributed by atoms with Gasteiger partial charge in [-0.1, -0.05) is 24.3 Å². The van der Waals surface area contributed by atoms with Crippen LogP contribution in [0.15, 0.2) is 47.6 Å². The summed E-state index contributed by atoms with van der Waals surface area (Å²) >= 11 is 0. The molecule has 0 radical (unpaired) electrons. The molecule has 2 aliphatic rings. The molecule has 0 amide bonds. The molecule has 0 N–H and O–H groups in total. The van der Waals surface area contributed by atoms with Crippen LogP contribution in [0.1, 0.15) is 40.0 Å². The minimum Gasteiger partial charge on any atom is -0.454 e. The number of rotatable bonds is 2. The predicted molar refractivity (Wildman–Crippen MR) is 92.2 cm³/mol. The van der Waals surface area contributed by atoms with E-state index in [2.05, 4.69) is 13.2 Å². The second kappa shape index (κ2) is 7.12. The number of allylic oxidation sites excluding steroid dienone is 3. The maximum absolute atomic E-state index is 12.6. The minimum atomic E-state index is -0.648. The Morgan fingerprint density at radius 1 is 1.17 bits per heavy atom. The van der Waals surface area contributed by atoms with E-state index in [0.717, 1.165) is 5.57 Å². The monoisotopic (exact) mass is 328 g/mol. The molecule has 0 aromatic rings. The number of hydrogen-bond donors (Lipinski definition) is 0. The number of ketones is 2. The highest BCUT2D eigenvalue weighted by Crippen LogP contribution is 2.31. The van der Waals surface area contributed by atoms with E-state index in [1.807, 2.05) is 6.92 Å². The number of carbonyl (C=O) groups excluding carboxylic acids is 3. The molecule has 3 atom stereocenters. The van der Waals surface area contributed by atoms with Crippen LogP contribution in [-0.4, -0.2) is 23.6 Å². The Kier molecular flexibility index (Phi) is 5.37. The third-order valence-corrected chi connectivity index (χ3v) is 4.73. The molecule has 4 nitrogen and oxygen atoms in total. The summed E-state index contributed by atoms with van der Waals surface area (Å²) in [5, 5.41) is 0. The Bertz CT molecular complexity index is 678. The summed E-state index contributed by atoms with van der Waals surface area (Å²) in [4.78, 5) is 37.1. The van der Waals surface area contributed by atoms with Gasteiger partial charge in [0.05, 0.1) is 5.92 Å². The first-order valence-corrected chi connectivity index (χ1v) is 8.18. The predicted octanol–water partition coefficient (Wildman–Crippen LogP) is 3.49. The van der Waals surface area contributed by atoms with Gasteiger partial charge in [-0.25, -0.2) is 4.79 Å². The van der Waals surface area contributed by atoms with Gasteiger partial charge in [0.2, 0.25) is 0 Å². The normalized spacial score (nSPS) is 30.5. The van der Waals surface area contributed by atoms with Crippen molar-refractivity contribution < 1.29 is 19.1 Å². The molecule has 0 unspecified atom stereocenters. The average molecular weight is 328 g/mol. The van der Waals surface area contributed by atoms with Crippen LogP contribution >= 0.6 is 0 Å². The first kappa shape index (κ1) is 18.1. The van der Waals surface area contributed by atoms with Gasteiger partial charge >= 0.3 is 5.97 Å². The topological polar surface area (TPSA) is 60.4 Å². The summed E-state index contributed by atoms with van der Waals surface area (Å²) in [6, 6.07) is 0. The lowest BCUT2D eigenvalue weighted by atomic mass is 9.85. The Labute approximate surface area is 143 Å². The van der Waals surface area contributed by atoms with Gasteiger partial charge in [-0.15, -0.1) is 0 Å². The van der Waals surface area contributed by atoms with Crippen molar-refractivity contribution in [3.8, 4) is 0 Å². The van der Waals surface area contributed by atoms with E-state index in [1.165, 1.54) is 6.08 Å². The van der Waals surface area contributed by atoms with Crippen LogP contribution in [0.5, 0.6) is 0 Å². The van der Waals surface area contributed by atoms with E-state index in [1.54, 1.807) is 19.9 Å². The number of ether oxygens (including phenoxy) is 1. The van der Waals surface area contributed by atoms with Crippen LogP contribution in [0.25, 0.3) is 0 Å². The summed E-state index contributed by atoms with van der Waals surface area (Å²) in [6.45, 7) is 13.1. The highest BCUT2D eigenvalue weighted by atomic mass is 16.5. The molecule has 1 heterocycles. The number of carbonyl (C=O) groups is 3. The largest absolute Gasteiger partial charge is 0.454 e. The fraction of sp³-hybridized carbons (Fsp3) is 0.450. The molecule has 0 aromatic carbocycles. The van der Waals surface area contributed by atoms with E-state index in [9.17, 15) is 14.4 Å². The molecule has 2 rings (SSSR count). The third-order valence-electron chi connectivity index (χ3n) is 4.73. The van der Waals surface area contributed by atoms with Crippen LogP contribution in [0.3, 0.4) is 0 Å². The Hall–Kier alpha value is -2.23. The summed E-state index contributed by atoms with van der Waals surface area (Å²) in [7, 11) is 0. The van der Waals surface area contributed by atoms with Crippen molar-refractivity contribution in [1.82, 2.24) is 0 Å². The number of hydrogen-bond acceptors (Lipinski definition) is 4. The molecule has 0 saturated carbocycles. The van der Waals surface area contributed by atoms with Crippen LogP contribution in [-0.2, 0) is 19.1 Å². The molecule has 1 aliphatic heterocycles. The lowest BCUT2D eigenvalue weighted by molar-refractivity contribution is -0.142. The smallest absolute Gasteiger partial charge is 0.334 e. The van der Waals surface area contributed by atoms with Gasteiger partial charge in [-0.3, -0.25) is 9.59 Å². The van der Waals surface area contributed by atoms with Gasteiger partial charge in [-0.2, -0.15) is 0 Å². The highest BCUT2D eigenvalue weighted by molar-refractivity contribution is 6.04. The zero-order valence-electron chi connectivity index (χ0n) is 14.6. The number of Topliss-reactive ketones (excluding diaryl/α,β-unsaturated/α-hetero) is 1. The average Bonchev–Trinajstić information content (AvgIpc) is 2.82. The maximum Gasteiger partial charge on any atom is 0.334 e. The number of esters is 1. The van der Waals surface area contributed by atoms with Crippen molar-refractivity contribution in [2.75, 3.05) is 0 Å². The zero-order valence-corrected chi connectivity index (χ0v) is 14.6. The molecular formula is C20H24O4. The Morgan fingerprint density at radius 3 is 2.42 bits per heavy atom. The summed E-state index contributed by atoms with van der Waals surface area (Å²) in [5.41, 5.74) is 2.51. The molecule has 1 aliphatic carbocycles. The standard InChI is InChI=1S/C20H24O4/c1-11(2)14-6-7-15-10-18(24-20(15)23)19(12(3)4)17(22)8-13(5)16(21)9-14/h8,10,14,18-19H,1,3,6-7,9H2,2,4-5H3/b13-8-/t14-,18-,19-/m1/s1. The van der Waals surface area contributed by atoms with E-state index >= 15 is 0 Å². The van der Waals surface area contributed by atoms with E-state index in [0.29, 0.717) is 36.0 Å². The lowest BCUT2D eigenvalue weighted by Crippen LogP contribution is -2.28. The van der Waals surface area contributed by atoms with Crippen molar-refractivity contribution in [3.05, 3.63) is 47.6 Å². The lowest BCUT2D eigenvalue weighted by Gasteiger charge is -2.20. The van der Waals surface area contributed by atoms with E-state index < -0.39 is 12.0 Å². The summed E-state index contributed by atoms with van der Waals surface area (Å²) in [5.74, 6) is -1.36. The summed E-state index contributed by atoms with van der Waals surface area (Å²) in [6.07, 6.45) is 3.93. The summed E-state index contributed by atoms with van der Waals surface area (Å²) < 4.78 is 5.39. The second-order valence-electron chi connectivity index (χ2n) is 6.82. The Balaban J connectivity index is 2.43. The second-order valence-corrected chi connectivity index (χ2v) is 6.82. The van der Waals surface area contributed by atoms with Crippen LogP contribution in [0.4, 0.5) is 0 Å². The first-order chi connectivity index (χ1) is 11.2. The molecule has 0 saturated heterocycles. The van der Waals surface area contributed by atoms with Crippen molar-refractivity contribution in [3.63, 3.8) is 0 Å². The molecule has 4 heteroatoms. The maximum atomic E-state index is 12.6. The third kappa shape index (κ3) is 3.81. The minimum absolute atomic E-state index is 0.0138. The van der Waals surface area contributed by atoms with Gasteiger partial charge in [0.1, 0.15) is 6.10 Å². The number of fused-ring (bicyclic) bond motifs is 1. The van der Waals surface area contributed by atoms with Crippen LogP contribution in [0.2, 0.25) is 0 Å². The quantitative estimate of drug-likeness (QED) is 0.575. The molecule has 128 valence electrons. The molecule has 2 bridgehead atoms. The molecule has 0 spiro atoms. The SMILES string of the molecule is C=C(C)[C@@H]1CCC2=C[C@@H](OC2=O)[C@H](C(=C)C)C(=O)/C=C(/C)C(=O)C1.